The van der Waals surface area contributed by atoms with Crippen LogP contribution in [-0.2, 0) is 17.9 Å². The molecule has 0 unspecified atom stereocenters. The quantitative estimate of drug-likeness (QED) is 0.259. The standard InChI is InChI=1S/C37H40N6O3S/c1-25-19-26(2)40-32(39-25)21-41-16-13-29(30(20-41)27-9-5-3-6-10-27)35(44)42-17-14-37(46,15-18-42)23-43-24-38-33-31(36(43)45)22-47-34(33)28-11-7-4-8-12-28/h3-12,19,22,24,29-30,46H,13-18,20-21,23H2,1-2H3/t29-,30+/m1/s1. The first kappa shape index (κ1) is 31.4. The molecule has 0 saturated carbocycles. The lowest BCUT2D eigenvalue weighted by molar-refractivity contribution is -0.142. The summed E-state index contributed by atoms with van der Waals surface area (Å²) in [6.07, 6.45) is 3.11. The summed E-state index contributed by atoms with van der Waals surface area (Å²) in [6.45, 7) is 7.25. The Kier molecular flexibility index (Phi) is 8.74. The van der Waals surface area contributed by atoms with Crippen LogP contribution in [0, 0.1) is 19.8 Å². The van der Waals surface area contributed by atoms with Crippen LogP contribution in [0.2, 0.25) is 0 Å². The minimum absolute atomic E-state index is 0.0481. The van der Waals surface area contributed by atoms with E-state index in [-0.39, 0.29) is 29.8 Å². The molecule has 3 aromatic heterocycles. The van der Waals surface area contributed by atoms with Gasteiger partial charge in [0, 0.05) is 48.2 Å². The number of likely N-dealkylation sites (tertiary alicyclic amines) is 2. The second-order valence-electron chi connectivity index (χ2n) is 13.1. The number of aryl methyl sites for hydroxylation is 2. The van der Waals surface area contributed by atoms with Gasteiger partial charge in [-0.05, 0) is 56.8 Å². The first-order valence-corrected chi connectivity index (χ1v) is 17.3. The van der Waals surface area contributed by atoms with Crippen LogP contribution in [0.25, 0.3) is 21.3 Å². The van der Waals surface area contributed by atoms with E-state index < -0.39 is 5.60 Å². The minimum atomic E-state index is -1.09. The first-order chi connectivity index (χ1) is 22.8. The molecule has 242 valence electrons. The number of carbonyl (C=O) groups is 1. The van der Waals surface area contributed by atoms with E-state index in [1.807, 2.05) is 78.7 Å². The maximum absolute atomic E-state index is 14.1. The van der Waals surface area contributed by atoms with Crippen LogP contribution in [0.1, 0.15) is 48.0 Å². The Bertz CT molecular complexity index is 1910. The van der Waals surface area contributed by atoms with E-state index in [1.54, 1.807) is 6.33 Å². The van der Waals surface area contributed by atoms with Crippen molar-refractivity contribution in [1.29, 1.82) is 0 Å². The SMILES string of the molecule is Cc1cc(C)nc(CN2CC[C@@H](C(=O)N3CCC(O)(Cn4cnc5c(-c6ccccc6)scc5c4=O)CC3)[C@H](c3ccccc3)C2)n1. The molecule has 2 aliphatic heterocycles. The van der Waals surface area contributed by atoms with Crippen molar-refractivity contribution in [2.24, 2.45) is 5.92 Å². The van der Waals surface area contributed by atoms with Gasteiger partial charge in [-0.25, -0.2) is 15.0 Å². The summed E-state index contributed by atoms with van der Waals surface area (Å²) in [7, 11) is 0. The predicted molar refractivity (Wildman–Crippen MR) is 184 cm³/mol. The highest BCUT2D eigenvalue weighted by Gasteiger charge is 2.41. The predicted octanol–water partition coefficient (Wildman–Crippen LogP) is 5.19. The molecule has 7 rings (SSSR count). The van der Waals surface area contributed by atoms with Gasteiger partial charge in [0.25, 0.3) is 5.56 Å². The topological polar surface area (TPSA) is 104 Å². The van der Waals surface area contributed by atoms with Crippen molar-refractivity contribution in [1.82, 2.24) is 29.3 Å². The van der Waals surface area contributed by atoms with E-state index >= 15 is 0 Å². The molecular weight excluding hydrogens is 609 g/mol. The highest BCUT2D eigenvalue weighted by molar-refractivity contribution is 7.15. The molecule has 2 aliphatic rings. The van der Waals surface area contributed by atoms with E-state index in [2.05, 4.69) is 32.0 Å². The second-order valence-corrected chi connectivity index (χ2v) is 14.0. The number of piperidine rings is 2. The molecule has 2 atom stereocenters. The van der Waals surface area contributed by atoms with E-state index in [9.17, 15) is 14.7 Å². The minimum Gasteiger partial charge on any atom is -0.388 e. The lowest BCUT2D eigenvalue weighted by Gasteiger charge is -2.43. The number of carbonyl (C=O) groups excluding carboxylic acids is 1. The van der Waals surface area contributed by atoms with Crippen molar-refractivity contribution in [3.05, 3.63) is 112 Å². The maximum atomic E-state index is 14.1. The summed E-state index contributed by atoms with van der Waals surface area (Å²) in [4.78, 5) is 46.8. The number of amides is 1. The zero-order valence-corrected chi connectivity index (χ0v) is 27.7. The van der Waals surface area contributed by atoms with Crippen LogP contribution in [-0.4, -0.2) is 72.1 Å². The number of aromatic nitrogens is 4. The lowest BCUT2D eigenvalue weighted by Crippen LogP contribution is -2.53. The highest BCUT2D eigenvalue weighted by Crippen LogP contribution is 2.36. The molecule has 0 bridgehead atoms. The number of benzene rings is 2. The van der Waals surface area contributed by atoms with Gasteiger partial charge >= 0.3 is 0 Å². The fourth-order valence-corrected chi connectivity index (χ4v) is 8.29. The number of hydrogen-bond acceptors (Lipinski definition) is 8. The third-order valence-corrected chi connectivity index (χ3v) is 10.7. The number of aliphatic hydroxyl groups is 1. The van der Waals surface area contributed by atoms with Crippen LogP contribution < -0.4 is 5.56 Å². The van der Waals surface area contributed by atoms with Crippen molar-refractivity contribution in [3.8, 4) is 10.4 Å². The Hall–Kier alpha value is -4.25. The van der Waals surface area contributed by atoms with Crippen molar-refractivity contribution in [2.75, 3.05) is 26.2 Å². The van der Waals surface area contributed by atoms with Gasteiger partial charge in [0.15, 0.2) is 0 Å². The molecule has 2 aromatic carbocycles. The largest absolute Gasteiger partial charge is 0.388 e. The average Bonchev–Trinajstić information content (AvgIpc) is 3.51. The van der Waals surface area contributed by atoms with Crippen molar-refractivity contribution >= 4 is 28.1 Å². The normalized spacial score (nSPS) is 20.0. The van der Waals surface area contributed by atoms with Gasteiger partial charge in [-0.1, -0.05) is 60.7 Å². The van der Waals surface area contributed by atoms with Gasteiger partial charge in [-0.2, -0.15) is 0 Å². The van der Waals surface area contributed by atoms with Crippen LogP contribution in [0.3, 0.4) is 0 Å². The monoisotopic (exact) mass is 648 g/mol. The van der Waals surface area contributed by atoms with Crippen molar-refractivity contribution in [2.45, 2.75) is 57.7 Å². The molecule has 2 fully saturated rings. The Morgan fingerprint density at radius 3 is 2.36 bits per heavy atom. The fraction of sp³-hybridized carbons (Fsp3) is 0.378. The van der Waals surface area contributed by atoms with E-state index in [0.29, 0.717) is 43.4 Å². The van der Waals surface area contributed by atoms with Crippen LogP contribution in [0.15, 0.2) is 83.2 Å². The fourth-order valence-electron chi connectivity index (χ4n) is 7.29. The summed E-state index contributed by atoms with van der Waals surface area (Å²) in [6, 6.07) is 22.3. The number of rotatable bonds is 7. The molecule has 10 heteroatoms. The smallest absolute Gasteiger partial charge is 0.262 e. The number of thiophene rings is 1. The zero-order valence-electron chi connectivity index (χ0n) is 26.9. The summed E-state index contributed by atoms with van der Waals surface area (Å²) >= 11 is 1.51. The van der Waals surface area contributed by atoms with Crippen molar-refractivity contribution < 1.29 is 9.90 Å². The van der Waals surface area contributed by atoms with E-state index in [1.165, 1.54) is 15.9 Å². The summed E-state index contributed by atoms with van der Waals surface area (Å²) < 4.78 is 1.53. The molecule has 9 nitrogen and oxygen atoms in total. The van der Waals surface area contributed by atoms with Gasteiger partial charge in [0.05, 0.1) is 40.8 Å². The second kappa shape index (κ2) is 13.1. The summed E-state index contributed by atoms with van der Waals surface area (Å²) in [5, 5.41) is 14.0. The molecule has 2 saturated heterocycles. The molecule has 5 aromatic rings. The number of fused-ring (bicyclic) bond motifs is 1. The number of hydrogen-bond donors (Lipinski definition) is 1. The van der Waals surface area contributed by atoms with E-state index in [0.717, 1.165) is 52.7 Å². The van der Waals surface area contributed by atoms with Crippen LogP contribution in [0.5, 0.6) is 0 Å². The highest BCUT2D eigenvalue weighted by atomic mass is 32.1. The first-order valence-electron chi connectivity index (χ1n) is 16.4. The van der Waals surface area contributed by atoms with Gasteiger partial charge in [-0.15, -0.1) is 11.3 Å². The average molecular weight is 649 g/mol. The third-order valence-electron chi connectivity index (χ3n) is 9.72. The third kappa shape index (κ3) is 6.63. The van der Waals surface area contributed by atoms with Gasteiger partial charge in [-0.3, -0.25) is 19.1 Å². The Labute approximate surface area is 278 Å². The molecule has 47 heavy (non-hydrogen) atoms. The van der Waals surface area contributed by atoms with E-state index in [4.69, 9.17) is 0 Å². The van der Waals surface area contributed by atoms with Crippen LogP contribution >= 0.6 is 11.3 Å². The molecular formula is C37H40N6O3S. The van der Waals surface area contributed by atoms with Gasteiger partial charge in [0.2, 0.25) is 5.91 Å². The summed E-state index contributed by atoms with van der Waals surface area (Å²) in [5.74, 6) is 0.868. The zero-order chi connectivity index (χ0) is 32.5. The Morgan fingerprint density at radius 1 is 0.979 bits per heavy atom. The Balaban J connectivity index is 1.03. The summed E-state index contributed by atoms with van der Waals surface area (Å²) in [5.41, 5.74) is 3.57. The maximum Gasteiger partial charge on any atom is 0.262 e. The van der Waals surface area contributed by atoms with Gasteiger partial charge < -0.3 is 10.0 Å². The molecule has 5 heterocycles. The molecule has 0 radical (unpaired) electrons. The molecule has 0 spiro atoms. The van der Waals surface area contributed by atoms with Crippen LogP contribution in [0.4, 0.5) is 0 Å². The molecule has 0 aliphatic carbocycles. The molecule has 1 amide bonds. The van der Waals surface area contributed by atoms with Crippen molar-refractivity contribution in [3.63, 3.8) is 0 Å². The Morgan fingerprint density at radius 2 is 1.66 bits per heavy atom. The molecule has 1 N–H and O–H groups in total. The lowest BCUT2D eigenvalue weighted by atomic mass is 9.79. The number of nitrogens with zero attached hydrogens (tertiary/aromatic N) is 6. The van der Waals surface area contributed by atoms with Gasteiger partial charge in [0.1, 0.15) is 5.82 Å².